The van der Waals surface area contributed by atoms with E-state index >= 15 is 0 Å². The molecule has 0 spiro atoms. The number of thiazole rings is 1. The maximum absolute atomic E-state index is 12.1. The second-order valence-electron chi connectivity index (χ2n) is 8.30. The van der Waals surface area contributed by atoms with Gasteiger partial charge in [0, 0.05) is 37.4 Å². The number of hydrogen-bond acceptors (Lipinski definition) is 4. The zero-order valence-electron chi connectivity index (χ0n) is 19.5. The van der Waals surface area contributed by atoms with Gasteiger partial charge in [-0.05, 0) is 42.0 Å². The first-order chi connectivity index (χ1) is 16.7. The molecule has 0 saturated heterocycles. The minimum absolute atomic E-state index is 0.0938. The Morgan fingerprint density at radius 2 is 1.71 bits per heavy atom. The summed E-state index contributed by atoms with van der Waals surface area (Å²) in [6.07, 6.45) is 7.63. The third kappa shape index (κ3) is 5.85. The lowest BCUT2D eigenvalue weighted by Gasteiger charge is -2.15. The molecule has 1 N–H and O–H groups in total. The molecule has 3 aromatic carbocycles. The van der Waals surface area contributed by atoms with Gasteiger partial charge in [-0.15, -0.1) is 0 Å². The SMILES string of the molecule is CC(=O)N(/C=C/C=C/c1sc2cc3ccccc3cc2[n+]1CCC(C)S(=O)(=O)O)c1ccccc1. The third-order valence-electron chi connectivity index (χ3n) is 5.83. The Hall–Kier alpha value is -3.33. The van der Waals surface area contributed by atoms with Crippen molar-refractivity contribution in [2.45, 2.75) is 32.1 Å². The minimum Gasteiger partial charge on any atom is -0.288 e. The molecular weight excluding hydrogens is 480 g/mol. The lowest BCUT2D eigenvalue weighted by Crippen LogP contribution is -2.37. The van der Waals surface area contributed by atoms with E-state index in [-0.39, 0.29) is 12.3 Å². The van der Waals surface area contributed by atoms with E-state index in [1.165, 1.54) is 13.8 Å². The van der Waals surface area contributed by atoms with Gasteiger partial charge in [0.25, 0.3) is 15.1 Å². The number of para-hydroxylation sites is 1. The molecule has 0 radical (unpaired) electrons. The number of nitrogens with zero attached hydrogens (tertiary/aromatic N) is 2. The van der Waals surface area contributed by atoms with E-state index in [1.807, 2.05) is 54.6 Å². The second kappa shape index (κ2) is 10.5. The standard InChI is InChI=1S/C27H26N2O4S2/c1-20(35(31,32)33)15-17-29-25-18-22-10-6-7-11-23(22)19-26(25)34-27(29)14-8-9-16-28(21(2)30)24-12-4-3-5-13-24/h3-14,16,18-20H,15,17H2,1-2H3/p+1. The van der Waals surface area contributed by atoms with E-state index in [1.54, 1.807) is 28.5 Å². The van der Waals surface area contributed by atoms with Crippen molar-refractivity contribution < 1.29 is 22.3 Å². The molecule has 0 fully saturated rings. The molecule has 1 amide bonds. The zero-order valence-corrected chi connectivity index (χ0v) is 21.2. The highest BCUT2D eigenvalue weighted by atomic mass is 32.2. The van der Waals surface area contributed by atoms with Gasteiger partial charge >= 0.3 is 0 Å². The summed E-state index contributed by atoms with van der Waals surface area (Å²) in [4.78, 5) is 13.7. The number of rotatable bonds is 8. The molecule has 0 saturated carbocycles. The number of aromatic nitrogens is 1. The first-order valence-electron chi connectivity index (χ1n) is 11.2. The number of hydrogen-bond donors (Lipinski definition) is 1. The predicted octanol–water partition coefficient (Wildman–Crippen LogP) is 5.59. The predicted molar refractivity (Wildman–Crippen MR) is 143 cm³/mol. The van der Waals surface area contributed by atoms with Crippen LogP contribution in [0.2, 0.25) is 0 Å². The van der Waals surface area contributed by atoms with Crippen LogP contribution in [0.25, 0.3) is 27.1 Å². The normalized spacial score (nSPS) is 13.2. The molecular formula is C27H27N2O4S2+. The Kier molecular flexibility index (Phi) is 7.45. The average Bonchev–Trinajstić information content (AvgIpc) is 3.16. The number of benzene rings is 3. The van der Waals surface area contributed by atoms with Crippen molar-refractivity contribution in [3.63, 3.8) is 0 Å². The van der Waals surface area contributed by atoms with Crippen LogP contribution in [0.5, 0.6) is 0 Å². The summed E-state index contributed by atoms with van der Waals surface area (Å²) in [5, 5.41) is 2.31. The van der Waals surface area contributed by atoms with Crippen LogP contribution in [-0.2, 0) is 21.5 Å². The smallest absolute Gasteiger partial charge is 0.267 e. The van der Waals surface area contributed by atoms with Gasteiger partial charge in [-0.25, -0.2) is 0 Å². The van der Waals surface area contributed by atoms with Crippen LogP contribution < -0.4 is 9.47 Å². The van der Waals surface area contributed by atoms with Crippen molar-refractivity contribution in [3.8, 4) is 0 Å². The Labute approximate surface area is 209 Å². The molecule has 4 aromatic rings. The summed E-state index contributed by atoms with van der Waals surface area (Å²) in [7, 11) is -4.10. The quantitative estimate of drug-likeness (QED) is 0.192. The van der Waals surface area contributed by atoms with Gasteiger partial charge in [0.05, 0.1) is 5.25 Å². The Balaban J connectivity index is 1.68. The molecule has 8 heteroatoms. The molecule has 6 nitrogen and oxygen atoms in total. The minimum atomic E-state index is -4.10. The van der Waals surface area contributed by atoms with Crippen LogP contribution in [-0.4, -0.2) is 24.1 Å². The molecule has 180 valence electrons. The number of allylic oxidation sites excluding steroid dienone is 2. The van der Waals surface area contributed by atoms with Crippen LogP contribution in [0.4, 0.5) is 5.69 Å². The van der Waals surface area contributed by atoms with Crippen LogP contribution in [0.1, 0.15) is 25.3 Å². The number of aryl methyl sites for hydroxylation is 1. The van der Waals surface area contributed by atoms with Crippen LogP contribution in [0.3, 0.4) is 0 Å². The average molecular weight is 508 g/mol. The molecule has 1 heterocycles. The van der Waals surface area contributed by atoms with Crippen molar-refractivity contribution >= 4 is 60.1 Å². The van der Waals surface area contributed by atoms with Crippen LogP contribution >= 0.6 is 11.3 Å². The topological polar surface area (TPSA) is 78.6 Å². The summed E-state index contributed by atoms with van der Waals surface area (Å²) < 4.78 is 35.7. The van der Waals surface area contributed by atoms with Crippen LogP contribution in [0.15, 0.2) is 85.1 Å². The third-order valence-corrected chi connectivity index (χ3v) is 8.19. The van der Waals surface area contributed by atoms with E-state index < -0.39 is 15.4 Å². The van der Waals surface area contributed by atoms with Crippen molar-refractivity contribution in [3.05, 3.63) is 90.1 Å². The fourth-order valence-corrected chi connectivity index (χ4v) is 5.37. The Morgan fingerprint density at radius 1 is 1.06 bits per heavy atom. The van der Waals surface area contributed by atoms with Gasteiger partial charge in [0.15, 0.2) is 6.54 Å². The van der Waals surface area contributed by atoms with Crippen molar-refractivity contribution in [1.82, 2.24) is 0 Å². The van der Waals surface area contributed by atoms with Gasteiger partial charge in [0.2, 0.25) is 11.4 Å². The van der Waals surface area contributed by atoms with E-state index in [2.05, 4.69) is 28.8 Å². The molecule has 0 bridgehead atoms. The molecule has 4 rings (SSSR count). The van der Waals surface area contributed by atoms with Gasteiger partial charge in [-0.1, -0.05) is 59.9 Å². The van der Waals surface area contributed by atoms with Crippen molar-refractivity contribution in [2.75, 3.05) is 4.90 Å². The van der Waals surface area contributed by atoms with Crippen LogP contribution in [0, 0.1) is 0 Å². The molecule has 0 aliphatic carbocycles. The maximum atomic E-state index is 12.1. The van der Waals surface area contributed by atoms with E-state index in [4.69, 9.17) is 0 Å². The highest BCUT2D eigenvalue weighted by molar-refractivity contribution is 7.86. The molecule has 35 heavy (non-hydrogen) atoms. The van der Waals surface area contributed by atoms with E-state index in [0.29, 0.717) is 6.54 Å². The first-order valence-corrected chi connectivity index (χ1v) is 13.6. The van der Waals surface area contributed by atoms with Gasteiger partial charge in [0.1, 0.15) is 4.70 Å². The molecule has 1 unspecified atom stereocenters. The fourth-order valence-electron chi connectivity index (χ4n) is 3.84. The zero-order chi connectivity index (χ0) is 25.0. The summed E-state index contributed by atoms with van der Waals surface area (Å²) in [6, 6.07) is 21.8. The number of fused-ring (bicyclic) bond motifs is 2. The Morgan fingerprint density at radius 3 is 2.37 bits per heavy atom. The maximum Gasteiger partial charge on any atom is 0.267 e. The fraction of sp³-hybridized carbons (Fsp3) is 0.185. The summed E-state index contributed by atoms with van der Waals surface area (Å²) in [6.45, 7) is 3.46. The van der Waals surface area contributed by atoms with E-state index in [9.17, 15) is 17.8 Å². The van der Waals surface area contributed by atoms with Gasteiger partial charge < -0.3 is 0 Å². The second-order valence-corrected chi connectivity index (χ2v) is 11.2. The van der Waals surface area contributed by atoms with Gasteiger partial charge in [-0.2, -0.15) is 13.0 Å². The number of anilines is 1. The summed E-state index contributed by atoms with van der Waals surface area (Å²) in [5.74, 6) is -0.0938. The first kappa shape index (κ1) is 24.8. The molecule has 1 atom stereocenters. The number of carbonyl (C=O) groups is 1. The lowest BCUT2D eigenvalue weighted by atomic mass is 10.1. The molecule has 0 aliphatic heterocycles. The number of amides is 1. The summed E-state index contributed by atoms with van der Waals surface area (Å²) >= 11 is 1.61. The summed E-state index contributed by atoms with van der Waals surface area (Å²) in [5.41, 5.74) is 1.79. The lowest BCUT2D eigenvalue weighted by molar-refractivity contribution is -0.669. The van der Waals surface area contributed by atoms with Gasteiger partial charge in [-0.3, -0.25) is 14.2 Å². The monoisotopic (exact) mass is 507 g/mol. The van der Waals surface area contributed by atoms with Crippen molar-refractivity contribution in [2.24, 2.45) is 0 Å². The Bertz CT molecular complexity index is 1520. The number of carbonyl (C=O) groups excluding carboxylic acids is 1. The highest BCUT2D eigenvalue weighted by Gasteiger charge is 2.24. The largest absolute Gasteiger partial charge is 0.288 e. The molecule has 1 aromatic heterocycles. The highest BCUT2D eigenvalue weighted by Crippen LogP contribution is 2.27. The molecule has 0 aliphatic rings. The van der Waals surface area contributed by atoms with Crippen molar-refractivity contribution in [1.29, 1.82) is 0 Å². The van der Waals surface area contributed by atoms with E-state index in [0.717, 1.165) is 31.7 Å².